The van der Waals surface area contributed by atoms with Gasteiger partial charge in [-0.2, -0.15) is 0 Å². The maximum atomic E-state index is 6.11. The van der Waals surface area contributed by atoms with Crippen molar-refractivity contribution in [1.29, 1.82) is 0 Å². The first-order chi connectivity index (χ1) is 24.4. The van der Waals surface area contributed by atoms with Crippen LogP contribution < -0.4 is 16.0 Å². The van der Waals surface area contributed by atoms with Crippen LogP contribution >= 0.6 is 61.5 Å². The van der Waals surface area contributed by atoms with Gasteiger partial charge in [0.2, 0.25) is 0 Å². The van der Waals surface area contributed by atoms with Crippen LogP contribution in [0.2, 0.25) is 5.02 Å². The van der Waals surface area contributed by atoms with Crippen molar-refractivity contribution < 1.29 is 0 Å². The van der Waals surface area contributed by atoms with E-state index < -0.39 is 0 Å². The highest BCUT2D eigenvalue weighted by atomic mass is 79.9. The normalized spacial score (nSPS) is 10.9. The van der Waals surface area contributed by atoms with Crippen molar-refractivity contribution >= 4 is 95.5 Å². The van der Waals surface area contributed by atoms with Crippen LogP contribution in [0.3, 0.4) is 0 Å². The second-order valence-electron chi connectivity index (χ2n) is 10.7. The van der Waals surface area contributed by atoms with Crippen LogP contribution in [0.1, 0.15) is 0 Å². The number of aromatic nitrogens is 7. The fourth-order valence-corrected chi connectivity index (χ4v) is 8.27. The van der Waals surface area contributed by atoms with E-state index in [1.165, 1.54) is 4.88 Å². The molecule has 9 aromatic rings. The molecule has 0 fully saturated rings. The molecule has 0 aliphatic carbocycles. The molecule has 0 atom stereocenters. The van der Waals surface area contributed by atoms with Crippen LogP contribution in [0.5, 0.6) is 0 Å². The summed E-state index contributed by atoms with van der Waals surface area (Å²) in [4.78, 5) is 20.2. The van der Waals surface area contributed by atoms with Crippen molar-refractivity contribution in [3.63, 3.8) is 0 Å². The summed E-state index contributed by atoms with van der Waals surface area (Å²) in [6.45, 7) is 0. The van der Waals surface area contributed by atoms with Gasteiger partial charge in [-0.15, -0.1) is 34.0 Å². The predicted molar refractivity (Wildman–Crippen MR) is 215 cm³/mol. The number of pyridine rings is 3. The van der Waals surface area contributed by atoms with Gasteiger partial charge in [0.1, 0.15) is 39.0 Å². The van der Waals surface area contributed by atoms with E-state index in [2.05, 4.69) is 57.2 Å². The molecule has 0 aliphatic rings. The van der Waals surface area contributed by atoms with Gasteiger partial charge in [-0.3, -0.25) is 0 Å². The van der Waals surface area contributed by atoms with E-state index in [1.54, 1.807) is 40.2 Å². The molecule has 0 radical (unpaired) electrons. The molecule has 0 amide bonds. The Morgan fingerprint density at radius 1 is 0.600 bits per heavy atom. The van der Waals surface area contributed by atoms with Crippen molar-refractivity contribution in [1.82, 2.24) is 33.1 Å². The Morgan fingerprint density at radius 3 is 1.52 bits per heavy atom. The van der Waals surface area contributed by atoms with Crippen molar-refractivity contribution in [2.24, 2.45) is 0 Å². The zero-order chi connectivity index (χ0) is 34.6. The Balaban J connectivity index is 0.000000118. The molecule has 9 aromatic heterocycles. The number of hydrogen-bond acceptors (Lipinski definition) is 10. The topological polar surface area (TPSA) is 101 Å². The van der Waals surface area contributed by atoms with E-state index in [-0.39, 0.29) is 0 Å². The molecule has 0 saturated heterocycles. The molecule has 50 heavy (non-hydrogen) atoms. The zero-order valence-electron chi connectivity index (χ0n) is 27.0. The highest BCUT2D eigenvalue weighted by molar-refractivity contribution is 9.10. The summed E-state index contributed by atoms with van der Waals surface area (Å²) in [6, 6.07) is 16.0. The minimum Gasteiger partial charge on any atom is -0.388 e. The number of hydrogen-bond donors (Lipinski definition) is 3. The van der Waals surface area contributed by atoms with Crippen LogP contribution in [0.25, 0.3) is 48.8 Å². The average Bonchev–Trinajstić information content (AvgIpc) is 3.99. The first kappa shape index (κ1) is 33.8. The molecule has 9 heterocycles. The van der Waals surface area contributed by atoms with E-state index in [1.807, 2.05) is 131 Å². The van der Waals surface area contributed by atoms with Gasteiger partial charge in [-0.1, -0.05) is 11.6 Å². The monoisotopic (exact) mass is 800 g/mol. The molecule has 10 nitrogen and oxygen atoms in total. The lowest BCUT2D eigenvalue weighted by atomic mass is 10.4. The molecule has 9 rings (SSSR count). The van der Waals surface area contributed by atoms with Gasteiger partial charge in [0.05, 0.1) is 14.8 Å². The Labute approximate surface area is 313 Å². The molecule has 3 N–H and O–H groups in total. The standard InChI is InChI=1S/C12H10BrN3S.C12H10ClN3S.C11H10N4S/c2*1-14-8-2-4-16-7-10(15-11(16)6-8)12-9(13)3-5-17-12;1-12-8-2-4-15-7-9(14-10(15)6-8)11-13-3-5-16-11/h2*2-7,14H,1H3;2-7,12H,1H3. The fourth-order valence-electron chi connectivity index (χ4n) is 5.04. The molecule has 0 bridgehead atoms. The SMILES string of the molecule is CNc1ccn2cc(-c3nccs3)nc2c1.CNc1ccn2cc(-c3sccc3Br)nc2c1.CNc1ccn2cc(-c3sccc3Cl)nc2c1. The van der Waals surface area contributed by atoms with Gasteiger partial charge >= 0.3 is 0 Å². The summed E-state index contributed by atoms with van der Waals surface area (Å²) >= 11 is 14.5. The van der Waals surface area contributed by atoms with Crippen LogP contribution in [0.4, 0.5) is 17.1 Å². The maximum absolute atomic E-state index is 6.11. The van der Waals surface area contributed by atoms with Crippen molar-refractivity contribution in [3.05, 3.63) is 118 Å². The molecule has 0 aliphatic heterocycles. The number of fused-ring (bicyclic) bond motifs is 3. The van der Waals surface area contributed by atoms with Gasteiger partial charge < -0.3 is 29.2 Å². The van der Waals surface area contributed by atoms with Gasteiger partial charge in [-0.05, 0) is 57.0 Å². The molecule has 15 heteroatoms. The lowest BCUT2D eigenvalue weighted by molar-refractivity contribution is 1.18. The third kappa shape index (κ3) is 7.25. The van der Waals surface area contributed by atoms with Crippen LogP contribution in [-0.2, 0) is 0 Å². The number of nitrogens with one attached hydrogen (secondary N) is 3. The summed E-state index contributed by atoms with van der Waals surface area (Å²) in [5.74, 6) is 0. The number of thiazole rings is 1. The number of imidazole rings is 3. The molecule has 0 saturated carbocycles. The summed E-state index contributed by atoms with van der Waals surface area (Å²) in [5, 5.41) is 17.0. The van der Waals surface area contributed by atoms with E-state index in [0.29, 0.717) is 0 Å². The van der Waals surface area contributed by atoms with Gasteiger partial charge in [0, 0.05) is 110 Å². The first-order valence-corrected chi connectivity index (χ1v) is 19.1. The second kappa shape index (κ2) is 15.0. The molecule has 0 spiro atoms. The summed E-state index contributed by atoms with van der Waals surface area (Å²) < 4.78 is 7.12. The predicted octanol–water partition coefficient (Wildman–Crippen LogP) is 10.1. The quantitative estimate of drug-likeness (QED) is 0.154. The van der Waals surface area contributed by atoms with Gasteiger partial charge in [-0.25, -0.2) is 19.9 Å². The lowest BCUT2D eigenvalue weighted by Crippen LogP contribution is -1.89. The van der Waals surface area contributed by atoms with Crippen LogP contribution in [0, 0.1) is 0 Å². The fraction of sp³-hybridized carbons (Fsp3) is 0.0857. The number of halogens is 2. The highest BCUT2D eigenvalue weighted by Crippen LogP contribution is 2.34. The Bertz CT molecular complexity index is 2390. The number of rotatable bonds is 6. The Morgan fingerprint density at radius 2 is 1.08 bits per heavy atom. The summed E-state index contributed by atoms with van der Waals surface area (Å²) in [5.41, 5.74) is 8.80. The second-order valence-corrected chi connectivity index (χ2v) is 14.7. The lowest BCUT2D eigenvalue weighted by Gasteiger charge is -1.98. The van der Waals surface area contributed by atoms with E-state index in [9.17, 15) is 0 Å². The molecule has 0 unspecified atom stereocenters. The Kier molecular flexibility index (Phi) is 10.1. The van der Waals surface area contributed by atoms with Crippen molar-refractivity contribution in [2.75, 3.05) is 37.1 Å². The third-order valence-corrected chi connectivity index (χ3v) is 11.6. The average molecular weight is 802 g/mol. The Hall–Kier alpha value is -4.73. The molecule has 0 aromatic carbocycles. The first-order valence-electron chi connectivity index (χ1n) is 15.3. The van der Waals surface area contributed by atoms with Crippen LogP contribution in [-0.4, -0.2) is 54.3 Å². The number of nitrogens with zero attached hydrogens (tertiary/aromatic N) is 7. The van der Waals surface area contributed by atoms with E-state index in [0.717, 1.165) is 70.5 Å². The molecular weight excluding hydrogens is 772 g/mol. The number of thiophene rings is 2. The van der Waals surface area contributed by atoms with Crippen molar-refractivity contribution in [2.45, 2.75) is 0 Å². The van der Waals surface area contributed by atoms with Crippen molar-refractivity contribution in [3.8, 4) is 31.8 Å². The molecule has 252 valence electrons. The number of anilines is 3. The highest BCUT2D eigenvalue weighted by Gasteiger charge is 2.11. The smallest absolute Gasteiger partial charge is 0.143 e. The van der Waals surface area contributed by atoms with Crippen LogP contribution in [0.15, 0.2) is 113 Å². The zero-order valence-corrected chi connectivity index (χ0v) is 31.8. The minimum absolute atomic E-state index is 0.757. The largest absolute Gasteiger partial charge is 0.388 e. The van der Waals surface area contributed by atoms with Gasteiger partial charge in [0.25, 0.3) is 0 Å². The summed E-state index contributed by atoms with van der Waals surface area (Å²) in [6.07, 6.45) is 13.8. The minimum atomic E-state index is 0.757. The third-order valence-electron chi connectivity index (χ3n) is 7.60. The van der Waals surface area contributed by atoms with E-state index >= 15 is 0 Å². The van der Waals surface area contributed by atoms with Gasteiger partial charge in [0.15, 0.2) is 0 Å². The summed E-state index contributed by atoms with van der Waals surface area (Å²) in [7, 11) is 5.70. The van der Waals surface area contributed by atoms with E-state index in [4.69, 9.17) is 11.6 Å². The maximum Gasteiger partial charge on any atom is 0.143 e. The molecular formula is C35H30BrClN10S3.